The first-order valence-electron chi connectivity index (χ1n) is 6.09. The Balaban J connectivity index is 2.15. The summed E-state index contributed by atoms with van der Waals surface area (Å²) in [7, 11) is 1.50. The van der Waals surface area contributed by atoms with Gasteiger partial charge in [0.2, 0.25) is 5.91 Å². The molecule has 0 aromatic carbocycles. The Labute approximate surface area is 128 Å². The molecule has 9 nitrogen and oxygen atoms in total. The minimum atomic E-state index is -0.619. The number of thioether (sulfide) groups is 1. The maximum Gasteiger partial charge on any atom is 0.291 e. The van der Waals surface area contributed by atoms with Crippen molar-refractivity contribution in [3.8, 4) is 0 Å². The monoisotopic (exact) mass is 323 g/mol. The highest BCUT2D eigenvalue weighted by molar-refractivity contribution is 7.99. The number of aromatic nitrogens is 2. The number of amides is 2. The summed E-state index contributed by atoms with van der Waals surface area (Å²) in [5.74, 6) is -0.868. The molecule has 0 atom stereocenters. The third kappa shape index (κ3) is 3.67. The molecule has 0 spiro atoms. The van der Waals surface area contributed by atoms with Crippen LogP contribution in [0.5, 0.6) is 0 Å². The summed E-state index contributed by atoms with van der Waals surface area (Å²) >= 11 is 1.02. The Bertz CT molecular complexity index is 740. The smallest absolute Gasteiger partial charge is 0.291 e. The van der Waals surface area contributed by atoms with Gasteiger partial charge in [-0.05, 0) is 12.1 Å². The molecule has 2 aromatic heterocycles. The van der Waals surface area contributed by atoms with Crippen molar-refractivity contribution in [2.45, 2.75) is 5.16 Å². The molecule has 116 valence electrons. The summed E-state index contributed by atoms with van der Waals surface area (Å²) < 4.78 is 4.91. The average molecular weight is 323 g/mol. The number of hydrogen-bond donors (Lipinski definition) is 4. The molecular formula is C12H13N5O4S. The second-order valence-electron chi connectivity index (χ2n) is 4.02. The van der Waals surface area contributed by atoms with Crippen LogP contribution in [0.1, 0.15) is 10.6 Å². The van der Waals surface area contributed by atoms with E-state index in [0.29, 0.717) is 0 Å². The lowest BCUT2D eigenvalue weighted by atomic mass is 10.4. The van der Waals surface area contributed by atoms with Gasteiger partial charge < -0.3 is 20.8 Å². The second kappa shape index (κ2) is 6.80. The van der Waals surface area contributed by atoms with Gasteiger partial charge in [-0.1, -0.05) is 11.8 Å². The van der Waals surface area contributed by atoms with E-state index in [9.17, 15) is 14.4 Å². The summed E-state index contributed by atoms with van der Waals surface area (Å²) in [6.07, 6.45) is 1.33. The number of hydrogen-bond acceptors (Lipinski definition) is 7. The third-order valence-corrected chi connectivity index (χ3v) is 3.40. The molecule has 10 heteroatoms. The predicted molar refractivity (Wildman–Crippen MR) is 80.7 cm³/mol. The molecule has 0 saturated heterocycles. The molecule has 2 aromatic rings. The van der Waals surface area contributed by atoms with Crippen LogP contribution < -0.4 is 21.9 Å². The molecule has 2 amide bonds. The Hall–Kier alpha value is -2.75. The van der Waals surface area contributed by atoms with Gasteiger partial charge in [0.1, 0.15) is 0 Å². The van der Waals surface area contributed by atoms with Crippen LogP contribution in [0.25, 0.3) is 0 Å². The van der Waals surface area contributed by atoms with Gasteiger partial charge in [0.15, 0.2) is 22.4 Å². The van der Waals surface area contributed by atoms with Crippen molar-refractivity contribution in [3.63, 3.8) is 0 Å². The molecule has 2 heterocycles. The first kappa shape index (κ1) is 15.6. The summed E-state index contributed by atoms with van der Waals surface area (Å²) in [5.41, 5.74) is 4.88. The van der Waals surface area contributed by atoms with E-state index in [0.717, 1.165) is 11.8 Å². The molecule has 2 rings (SSSR count). The number of carbonyl (C=O) groups excluding carboxylic acids is 2. The van der Waals surface area contributed by atoms with Gasteiger partial charge in [-0.25, -0.2) is 4.98 Å². The van der Waals surface area contributed by atoms with Crippen LogP contribution >= 0.6 is 11.8 Å². The zero-order chi connectivity index (χ0) is 16.1. The first-order valence-corrected chi connectivity index (χ1v) is 7.08. The molecule has 0 unspecified atom stereocenters. The highest BCUT2D eigenvalue weighted by atomic mass is 32.2. The molecule has 0 fully saturated rings. The summed E-state index contributed by atoms with van der Waals surface area (Å²) in [6.45, 7) is 0. The zero-order valence-corrected chi connectivity index (χ0v) is 12.3. The van der Waals surface area contributed by atoms with Crippen molar-refractivity contribution >= 4 is 35.1 Å². The van der Waals surface area contributed by atoms with E-state index in [2.05, 4.69) is 20.6 Å². The minimum Gasteiger partial charge on any atom is -0.459 e. The summed E-state index contributed by atoms with van der Waals surface area (Å²) in [5, 5.41) is 4.95. The normalized spacial score (nSPS) is 10.2. The van der Waals surface area contributed by atoms with E-state index in [4.69, 9.17) is 10.2 Å². The van der Waals surface area contributed by atoms with Crippen LogP contribution in [-0.2, 0) is 4.79 Å². The van der Waals surface area contributed by atoms with Crippen LogP contribution in [-0.4, -0.2) is 34.6 Å². The van der Waals surface area contributed by atoms with Gasteiger partial charge in [-0.2, -0.15) is 0 Å². The SMILES string of the molecule is CNC(=O)CSc1nc(N)c(NC(=O)c2ccco2)c(=O)[nH]1. The highest BCUT2D eigenvalue weighted by Gasteiger charge is 2.15. The maximum absolute atomic E-state index is 11.9. The number of furan rings is 1. The van der Waals surface area contributed by atoms with Gasteiger partial charge in [0.05, 0.1) is 12.0 Å². The quantitative estimate of drug-likeness (QED) is 0.449. The van der Waals surface area contributed by atoms with Crippen LogP contribution in [0.15, 0.2) is 32.8 Å². The Kier molecular flexibility index (Phi) is 4.84. The average Bonchev–Trinajstić information content (AvgIpc) is 3.02. The lowest BCUT2D eigenvalue weighted by Crippen LogP contribution is -2.23. The minimum absolute atomic E-state index is 0.0388. The first-order chi connectivity index (χ1) is 10.5. The highest BCUT2D eigenvalue weighted by Crippen LogP contribution is 2.17. The van der Waals surface area contributed by atoms with Crippen LogP contribution in [0.2, 0.25) is 0 Å². The van der Waals surface area contributed by atoms with Gasteiger partial charge >= 0.3 is 0 Å². The van der Waals surface area contributed by atoms with Crippen LogP contribution in [0, 0.1) is 0 Å². The van der Waals surface area contributed by atoms with E-state index in [1.807, 2.05) is 0 Å². The van der Waals surface area contributed by atoms with E-state index in [1.54, 1.807) is 6.07 Å². The second-order valence-corrected chi connectivity index (χ2v) is 4.99. The number of nitrogens with two attached hydrogens (primary N) is 1. The van der Waals surface area contributed by atoms with Crippen LogP contribution in [0.3, 0.4) is 0 Å². The molecule has 0 aliphatic carbocycles. The molecule has 0 aliphatic rings. The van der Waals surface area contributed by atoms with Crippen LogP contribution in [0.4, 0.5) is 11.5 Å². The van der Waals surface area contributed by atoms with Gasteiger partial charge in [-0.15, -0.1) is 0 Å². The number of nitrogen functional groups attached to an aromatic ring is 1. The molecule has 0 bridgehead atoms. The van der Waals surface area contributed by atoms with Crippen molar-refractivity contribution in [1.82, 2.24) is 15.3 Å². The Morgan fingerprint density at radius 2 is 2.27 bits per heavy atom. The predicted octanol–water partition coefficient (Wildman–Crippen LogP) is 0.0355. The fraction of sp³-hybridized carbons (Fsp3) is 0.167. The van der Waals surface area contributed by atoms with Gasteiger partial charge in [0, 0.05) is 7.05 Å². The Morgan fingerprint density at radius 1 is 1.50 bits per heavy atom. The van der Waals surface area contributed by atoms with E-state index >= 15 is 0 Å². The number of nitrogens with one attached hydrogen (secondary N) is 3. The number of anilines is 2. The molecule has 22 heavy (non-hydrogen) atoms. The van der Waals surface area contributed by atoms with Gasteiger partial charge in [-0.3, -0.25) is 19.4 Å². The van der Waals surface area contributed by atoms with Crippen molar-refractivity contribution in [1.29, 1.82) is 0 Å². The standard InChI is InChI=1S/C12H13N5O4S/c1-14-7(18)5-22-12-16-9(13)8(11(20)17-12)15-10(19)6-3-2-4-21-6/h2-4H,5H2,1H3,(H,14,18)(H,15,19)(H3,13,16,17,20). The van der Waals surface area contributed by atoms with Crippen molar-refractivity contribution in [3.05, 3.63) is 34.5 Å². The molecule has 0 radical (unpaired) electrons. The van der Waals surface area contributed by atoms with Gasteiger partial charge in [0.25, 0.3) is 11.5 Å². The fourth-order valence-corrected chi connectivity index (χ4v) is 2.19. The summed E-state index contributed by atoms with van der Waals surface area (Å²) in [4.78, 5) is 41.3. The molecule has 0 saturated carbocycles. The number of nitrogens with zero attached hydrogens (tertiary/aromatic N) is 1. The van der Waals surface area contributed by atoms with Crippen molar-refractivity contribution in [2.24, 2.45) is 0 Å². The zero-order valence-electron chi connectivity index (χ0n) is 11.5. The number of H-pyrrole nitrogens is 1. The molecule has 5 N–H and O–H groups in total. The topological polar surface area (TPSA) is 143 Å². The third-order valence-electron chi connectivity index (χ3n) is 2.53. The number of carbonyl (C=O) groups is 2. The van der Waals surface area contributed by atoms with E-state index in [-0.39, 0.29) is 34.1 Å². The number of aromatic amines is 1. The summed E-state index contributed by atoms with van der Waals surface area (Å²) in [6, 6.07) is 2.99. The Morgan fingerprint density at radius 3 is 2.86 bits per heavy atom. The van der Waals surface area contributed by atoms with E-state index in [1.165, 1.54) is 19.4 Å². The van der Waals surface area contributed by atoms with E-state index < -0.39 is 11.5 Å². The molecule has 0 aliphatic heterocycles. The lowest BCUT2D eigenvalue weighted by molar-refractivity contribution is -0.118. The largest absolute Gasteiger partial charge is 0.459 e. The lowest BCUT2D eigenvalue weighted by Gasteiger charge is -2.07. The fourth-order valence-electron chi connectivity index (χ4n) is 1.45. The molecular weight excluding hydrogens is 310 g/mol. The number of rotatable bonds is 5. The maximum atomic E-state index is 11.9. The van der Waals surface area contributed by atoms with Crippen molar-refractivity contribution in [2.75, 3.05) is 23.9 Å². The van der Waals surface area contributed by atoms with Crippen molar-refractivity contribution < 1.29 is 14.0 Å².